The molecule has 13 heavy (non-hydrogen) atoms. The molecule has 0 unspecified atom stereocenters. The molecule has 0 aliphatic heterocycles. The Hall–Kier alpha value is -0.300. The molecule has 2 aliphatic rings. The molecule has 0 radical (unpaired) electrons. The summed E-state index contributed by atoms with van der Waals surface area (Å²) in [5.41, 5.74) is 7.67. The van der Waals surface area contributed by atoms with Gasteiger partial charge >= 0.3 is 0 Å². The maximum absolute atomic E-state index is 5.91. The molecule has 74 valence electrons. The molecule has 0 saturated heterocycles. The highest BCUT2D eigenvalue weighted by molar-refractivity contribution is 5.10. The molecule has 0 aromatic carbocycles. The van der Waals surface area contributed by atoms with E-state index in [1.807, 2.05) is 0 Å². The molecular formula is C12H21N. The standard InChI is InChI=1S/C12H21N/c13-12-8-6-11(7-9-12)10-4-2-1-3-5-10/h4,11-12H,1-3,5-9,13H2. The van der Waals surface area contributed by atoms with Gasteiger partial charge in [-0.1, -0.05) is 11.6 Å². The van der Waals surface area contributed by atoms with Crippen molar-refractivity contribution in [3.8, 4) is 0 Å². The van der Waals surface area contributed by atoms with Crippen LogP contribution < -0.4 is 5.73 Å². The maximum atomic E-state index is 5.91. The van der Waals surface area contributed by atoms with E-state index in [0.29, 0.717) is 6.04 Å². The van der Waals surface area contributed by atoms with Crippen LogP contribution in [0, 0.1) is 5.92 Å². The summed E-state index contributed by atoms with van der Waals surface area (Å²) in [7, 11) is 0. The highest BCUT2D eigenvalue weighted by Gasteiger charge is 2.21. The third-order valence-electron chi connectivity index (χ3n) is 3.62. The third-order valence-corrected chi connectivity index (χ3v) is 3.62. The highest BCUT2D eigenvalue weighted by Crippen LogP contribution is 2.34. The predicted molar refractivity (Wildman–Crippen MR) is 56.5 cm³/mol. The Morgan fingerprint density at radius 2 is 1.85 bits per heavy atom. The normalized spacial score (nSPS) is 35.6. The molecule has 0 bridgehead atoms. The molecule has 0 aromatic heterocycles. The lowest BCUT2D eigenvalue weighted by Gasteiger charge is -2.29. The first kappa shape index (κ1) is 9.26. The Labute approximate surface area is 81.4 Å². The second-order valence-corrected chi connectivity index (χ2v) is 4.64. The molecule has 0 aromatic rings. The Bertz CT molecular complexity index is 187. The SMILES string of the molecule is NC1CCC(C2=CCCCC2)CC1. The van der Waals surface area contributed by atoms with Crippen LogP contribution in [0.2, 0.25) is 0 Å². The lowest BCUT2D eigenvalue weighted by atomic mass is 9.78. The minimum absolute atomic E-state index is 0.500. The van der Waals surface area contributed by atoms with Crippen LogP contribution in [0.4, 0.5) is 0 Å². The first-order valence-corrected chi connectivity index (χ1v) is 5.81. The van der Waals surface area contributed by atoms with Crippen LogP contribution in [0.3, 0.4) is 0 Å². The monoisotopic (exact) mass is 179 g/mol. The molecule has 0 heterocycles. The average Bonchev–Trinajstić information content (AvgIpc) is 2.20. The van der Waals surface area contributed by atoms with Gasteiger partial charge in [-0.3, -0.25) is 0 Å². The average molecular weight is 179 g/mol. The smallest absolute Gasteiger partial charge is 0.00392 e. The topological polar surface area (TPSA) is 26.0 Å². The molecule has 0 amide bonds. The summed E-state index contributed by atoms with van der Waals surface area (Å²) in [6, 6.07) is 0.500. The number of hydrogen-bond donors (Lipinski definition) is 1. The molecular weight excluding hydrogens is 158 g/mol. The van der Waals surface area contributed by atoms with E-state index in [2.05, 4.69) is 6.08 Å². The van der Waals surface area contributed by atoms with E-state index in [9.17, 15) is 0 Å². The molecule has 2 rings (SSSR count). The molecule has 1 nitrogen and oxygen atoms in total. The van der Waals surface area contributed by atoms with Crippen molar-refractivity contribution in [1.29, 1.82) is 0 Å². The van der Waals surface area contributed by atoms with Gasteiger partial charge in [-0.25, -0.2) is 0 Å². The fourth-order valence-corrected chi connectivity index (χ4v) is 2.72. The molecule has 1 saturated carbocycles. The first-order chi connectivity index (χ1) is 6.36. The molecule has 2 aliphatic carbocycles. The van der Waals surface area contributed by atoms with Crippen LogP contribution in [0.25, 0.3) is 0 Å². The largest absolute Gasteiger partial charge is 0.328 e. The Kier molecular flexibility index (Phi) is 3.05. The van der Waals surface area contributed by atoms with Crippen LogP contribution in [0.5, 0.6) is 0 Å². The van der Waals surface area contributed by atoms with E-state index in [4.69, 9.17) is 5.73 Å². The van der Waals surface area contributed by atoms with Gasteiger partial charge in [0.1, 0.15) is 0 Å². The van der Waals surface area contributed by atoms with Gasteiger partial charge in [0.15, 0.2) is 0 Å². The van der Waals surface area contributed by atoms with E-state index < -0.39 is 0 Å². The molecule has 0 atom stereocenters. The molecule has 0 spiro atoms. The minimum Gasteiger partial charge on any atom is -0.328 e. The van der Waals surface area contributed by atoms with Gasteiger partial charge in [0.2, 0.25) is 0 Å². The van der Waals surface area contributed by atoms with Gasteiger partial charge in [0.25, 0.3) is 0 Å². The van der Waals surface area contributed by atoms with Gasteiger partial charge in [-0.15, -0.1) is 0 Å². The van der Waals surface area contributed by atoms with Crippen LogP contribution in [0.15, 0.2) is 11.6 Å². The lowest BCUT2D eigenvalue weighted by Crippen LogP contribution is -2.27. The number of rotatable bonds is 1. The van der Waals surface area contributed by atoms with Gasteiger partial charge in [0.05, 0.1) is 0 Å². The van der Waals surface area contributed by atoms with Gasteiger partial charge < -0.3 is 5.73 Å². The van der Waals surface area contributed by atoms with E-state index >= 15 is 0 Å². The minimum atomic E-state index is 0.500. The van der Waals surface area contributed by atoms with Crippen molar-refractivity contribution in [3.05, 3.63) is 11.6 Å². The summed E-state index contributed by atoms with van der Waals surface area (Å²) in [6.45, 7) is 0. The van der Waals surface area contributed by atoms with Crippen molar-refractivity contribution in [2.75, 3.05) is 0 Å². The van der Waals surface area contributed by atoms with Gasteiger partial charge in [0, 0.05) is 6.04 Å². The molecule has 1 heteroatoms. The van der Waals surface area contributed by atoms with E-state index in [1.54, 1.807) is 5.57 Å². The van der Waals surface area contributed by atoms with Crippen molar-refractivity contribution >= 4 is 0 Å². The second kappa shape index (κ2) is 4.28. The van der Waals surface area contributed by atoms with Gasteiger partial charge in [-0.05, 0) is 57.3 Å². The number of allylic oxidation sites excluding steroid dienone is 2. The second-order valence-electron chi connectivity index (χ2n) is 4.64. The van der Waals surface area contributed by atoms with Gasteiger partial charge in [-0.2, -0.15) is 0 Å². The predicted octanol–water partition coefficient (Wildman–Crippen LogP) is 3.00. The zero-order valence-electron chi connectivity index (χ0n) is 8.47. The highest BCUT2D eigenvalue weighted by atomic mass is 14.6. The molecule has 1 fully saturated rings. The van der Waals surface area contributed by atoms with Crippen molar-refractivity contribution < 1.29 is 0 Å². The fraction of sp³-hybridized carbons (Fsp3) is 0.833. The maximum Gasteiger partial charge on any atom is 0.00392 e. The third kappa shape index (κ3) is 2.34. The van der Waals surface area contributed by atoms with Crippen molar-refractivity contribution in [3.63, 3.8) is 0 Å². The van der Waals surface area contributed by atoms with Crippen LogP contribution >= 0.6 is 0 Å². The van der Waals surface area contributed by atoms with Crippen molar-refractivity contribution in [2.45, 2.75) is 57.4 Å². The Morgan fingerprint density at radius 1 is 1.08 bits per heavy atom. The zero-order valence-corrected chi connectivity index (χ0v) is 8.47. The van der Waals surface area contributed by atoms with Crippen molar-refractivity contribution in [1.82, 2.24) is 0 Å². The van der Waals surface area contributed by atoms with E-state index in [1.165, 1.54) is 51.4 Å². The van der Waals surface area contributed by atoms with E-state index in [0.717, 1.165) is 5.92 Å². The summed E-state index contributed by atoms with van der Waals surface area (Å²) in [6.07, 6.45) is 13.3. The first-order valence-electron chi connectivity index (χ1n) is 5.81. The zero-order chi connectivity index (χ0) is 9.10. The number of hydrogen-bond acceptors (Lipinski definition) is 1. The summed E-state index contributed by atoms with van der Waals surface area (Å²) >= 11 is 0. The molecule has 2 N–H and O–H groups in total. The lowest BCUT2D eigenvalue weighted by molar-refractivity contribution is 0.351. The summed E-state index contributed by atoms with van der Waals surface area (Å²) in [4.78, 5) is 0. The van der Waals surface area contributed by atoms with Crippen LogP contribution in [0.1, 0.15) is 51.4 Å². The van der Waals surface area contributed by atoms with Crippen LogP contribution in [-0.2, 0) is 0 Å². The van der Waals surface area contributed by atoms with Crippen LogP contribution in [-0.4, -0.2) is 6.04 Å². The number of nitrogens with two attached hydrogens (primary N) is 1. The quantitative estimate of drug-likeness (QED) is 0.615. The van der Waals surface area contributed by atoms with Crippen molar-refractivity contribution in [2.24, 2.45) is 11.7 Å². The Morgan fingerprint density at radius 3 is 2.46 bits per heavy atom. The van der Waals surface area contributed by atoms with E-state index in [-0.39, 0.29) is 0 Å². The summed E-state index contributed by atoms with van der Waals surface area (Å²) in [5.74, 6) is 0.903. The Balaban J connectivity index is 1.89. The fourth-order valence-electron chi connectivity index (χ4n) is 2.72. The summed E-state index contributed by atoms with van der Waals surface area (Å²) in [5, 5.41) is 0. The summed E-state index contributed by atoms with van der Waals surface area (Å²) < 4.78 is 0.